The van der Waals surface area contributed by atoms with E-state index in [1.165, 1.54) is 11.6 Å². The Morgan fingerprint density at radius 3 is 2.47 bits per heavy atom. The highest BCUT2D eigenvalue weighted by atomic mass is 32.2. The lowest BCUT2D eigenvalue weighted by molar-refractivity contribution is -0.0452. The van der Waals surface area contributed by atoms with E-state index < -0.39 is 16.6 Å². The molecule has 4 rings (SSSR count). The van der Waals surface area contributed by atoms with Crippen molar-refractivity contribution in [2.75, 3.05) is 6.54 Å². The summed E-state index contributed by atoms with van der Waals surface area (Å²) >= 11 is -3.38. The summed E-state index contributed by atoms with van der Waals surface area (Å²) in [4.78, 5) is 2.43. The zero-order chi connectivity index (χ0) is 21.7. The largest absolute Gasteiger partial charge is 0.508 e. The van der Waals surface area contributed by atoms with Gasteiger partial charge in [0.15, 0.2) is 0 Å². The maximum absolute atomic E-state index is 12.9. The van der Waals surface area contributed by atoms with Crippen LogP contribution in [-0.4, -0.2) is 27.2 Å². The summed E-state index contributed by atoms with van der Waals surface area (Å²) in [6.07, 6.45) is 1.46. The Balaban J connectivity index is 1.73. The van der Waals surface area contributed by atoms with E-state index in [0.29, 0.717) is 6.42 Å². The second kappa shape index (κ2) is 7.38. The van der Waals surface area contributed by atoms with Crippen LogP contribution in [0.3, 0.4) is 0 Å². The van der Waals surface area contributed by atoms with E-state index >= 15 is 0 Å². The quantitative estimate of drug-likeness (QED) is 0.645. The normalized spacial score (nSPS) is 26.7. The van der Waals surface area contributed by atoms with Gasteiger partial charge in [-0.25, -0.2) is 4.21 Å². The molecular weight excluding hydrogens is 411 g/mol. The topological polar surface area (TPSA) is 29.5 Å². The molecule has 1 heterocycles. The second-order valence-corrected chi connectivity index (χ2v) is 10.1. The van der Waals surface area contributed by atoms with Crippen molar-refractivity contribution < 1.29 is 21.6 Å². The molecule has 0 radical (unpaired) electrons. The minimum atomic E-state index is -4.91. The Morgan fingerprint density at radius 1 is 1.10 bits per heavy atom. The molecule has 3 atom stereocenters. The van der Waals surface area contributed by atoms with Gasteiger partial charge in [0.2, 0.25) is 0 Å². The van der Waals surface area contributed by atoms with Crippen LogP contribution < -0.4 is 4.18 Å². The number of piperidine rings is 1. The van der Waals surface area contributed by atoms with Gasteiger partial charge in [-0.05, 0) is 42.0 Å². The number of alkyl halides is 3. The summed E-state index contributed by atoms with van der Waals surface area (Å²) in [6.45, 7) is 8.40. The monoisotopic (exact) mass is 437 g/mol. The molecule has 2 aromatic rings. The maximum atomic E-state index is 12.9. The molecule has 162 valence electrons. The van der Waals surface area contributed by atoms with Gasteiger partial charge in [0.25, 0.3) is 0 Å². The van der Waals surface area contributed by atoms with Gasteiger partial charge in [-0.15, -0.1) is 0 Å². The number of fused-ring (bicyclic) bond motifs is 4. The lowest BCUT2D eigenvalue weighted by Crippen LogP contribution is -2.63. The van der Waals surface area contributed by atoms with E-state index in [-0.39, 0.29) is 22.6 Å². The number of likely N-dealkylation sites (tertiary alicyclic amines) is 1. The van der Waals surface area contributed by atoms with Crippen LogP contribution in [0.15, 0.2) is 48.5 Å². The maximum Gasteiger partial charge on any atom is 0.508 e. The van der Waals surface area contributed by atoms with Gasteiger partial charge in [-0.3, -0.25) is 4.90 Å². The summed E-state index contributed by atoms with van der Waals surface area (Å²) < 4.78 is 55.2. The zero-order valence-electron chi connectivity index (χ0n) is 17.3. The molecule has 1 aliphatic carbocycles. The van der Waals surface area contributed by atoms with Crippen LogP contribution in [0.5, 0.6) is 5.75 Å². The molecule has 2 bridgehead atoms. The molecule has 1 saturated heterocycles. The molecule has 0 amide bonds. The Bertz CT molecular complexity index is 961. The molecular formula is C23H26F3NO2S. The number of halogens is 3. The first-order valence-corrected chi connectivity index (χ1v) is 11.2. The first kappa shape index (κ1) is 21.4. The van der Waals surface area contributed by atoms with E-state index in [9.17, 15) is 17.4 Å². The first-order valence-electron chi connectivity index (χ1n) is 10.1. The van der Waals surface area contributed by atoms with Crippen LogP contribution in [0.4, 0.5) is 13.2 Å². The van der Waals surface area contributed by atoms with Gasteiger partial charge in [-0.1, -0.05) is 63.2 Å². The number of benzene rings is 2. The highest BCUT2D eigenvalue weighted by molar-refractivity contribution is 7.81. The third kappa shape index (κ3) is 3.46. The molecule has 7 heteroatoms. The summed E-state index contributed by atoms with van der Waals surface area (Å²) in [5.41, 5.74) is -2.23. The fourth-order valence-electron chi connectivity index (χ4n) is 5.24. The van der Waals surface area contributed by atoms with Gasteiger partial charge in [-0.2, -0.15) is 13.2 Å². The van der Waals surface area contributed by atoms with Crippen LogP contribution in [0.1, 0.15) is 43.9 Å². The highest BCUT2D eigenvalue weighted by Crippen LogP contribution is 2.57. The van der Waals surface area contributed by atoms with Crippen molar-refractivity contribution in [2.45, 2.75) is 57.1 Å². The molecule has 1 unspecified atom stereocenters. The number of nitrogens with zero attached hydrogens (tertiary/aromatic N) is 1. The number of rotatable bonds is 4. The Morgan fingerprint density at radius 2 is 1.80 bits per heavy atom. The second-order valence-electron chi connectivity index (χ2n) is 9.03. The minimum Gasteiger partial charge on any atom is -0.394 e. The molecule has 2 aromatic carbocycles. The van der Waals surface area contributed by atoms with E-state index in [1.54, 1.807) is 6.07 Å². The predicted molar refractivity (Wildman–Crippen MR) is 111 cm³/mol. The first-order chi connectivity index (χ1) is 14.0. The van der Waals surface area contributed by atoms with Crippen LogP contribution in [0.2, 0.25) is 0 Å². The van der Waals surface area contributed by atoms with Crippen molar-refractivity contribution in [3.05, 3.63) is 65.2 Å². The van der Waals surface area contributed by atoms with Crippen LogP contribution in [0, 0.1) is 5.41 Å². The van der Waals surface area contributed by atoms with Gasteiger partial charge in [0.05, 0.1) is 0 Å². The van der Waals surface area contributed by atoms with Gasteiger partial charge in [0.1, 0.15) is 5.75 Å². The smallest absolute Gasteiger partial charge is 0.394 e. The highest BCUT2D eigenvalue weighted by Gasteiger charge is 2.56. The molecule has 0 saturated carbocycles. The summed E-state index contributed by atoms with van der Waals surface area (Å²) in [5.74, 6) is 0.0800. The lowest BCUT2D eigenvalue weighted by Gasteiger charge is -2.61. The zero-order valence-corrected chi connectivity index (χ0v) is 18.1. The SMILES string of the molecule is CC1(C)[C@H]2Cc3c(OS(=O)C(F)(F)F)cccc3[C@]1(C)CCN2Cc1ccccc1. The standard InChI is InChI=1S/C23H26F3NO2S/c1-21(2)20-14-17-18(10-7-11-19(17)29-30(28)23(24,25)26)22(21,3)12-13-27(20)15-16-8-5-4-6-9-16/h4-11,20H,12-15H2,1-3H3/t20-,22+,30?/m1/s1. The molecule has 2 aliphatic rings. The number of hydrogen-bond donors (Lipinski definition) is 0. The van der Waals surface area contributed by atoms with Crippen molar-refractivity contribution in [3.63, 3.8) is 0 Å². The van der Waals surface area contributed by atoms with E-state index in [4.69, 9.17) is 4.18 Å². The van der Waals surface area contributed by atoms with Crippen molar-refractivity contribution in [3.8, 4) is 5.75 Å². The lowest BCUT2D eigenvalue weighted by atomic mass is 9.51. The van der Waals surface area contributed by atoms with Crippen LogP contribution in [0.25, 0.3) is 0 Å². The Kier molecular flexibility index (Phi) is 5.26. The van der Waals surface area contributed by atoms with Gasteiger partial charge < -0.3 is 4.18 Å². The van der Waals surface area contributed by atoms with Crippen molar-refractivity contribution in [1.29, 1.82) is 0 Å². The summed E-state index contributed by atoms with van der Waals surface area (Å²) in [6, 6.07) is 15.5. The fraction of sp³-hybridized carbons (Fsp3) is 0.478. The third-order valence-corrected chi connectivity index (χ3v) is 8.01. The van der Waals surface area contributed by atoms with E-state index in [2.05, 4.69) is 37.8 Å². The molecule has 0 spiro atoms. The Hall–Kier alpha value is -1.86. The van der Waals surface area contributed by atoms with Crippen molar-refractivity contribution >= 4 is 11.1 Å². The van der Waals surface area contributed by atoms with Crippen LogP contribution in [-0.2, 0) is 29.5 Å². The fourth-order valence-corrected chi connectivity index (χ4v) is 5.65. The minimum absolute atomic E-state index is 0.0800. The van der Waals surface area contributed by atoms with E-state index in [1.807, 2.05) is 24.3 Å². The van der Waals surface area contributed by atoms with Gasteiger partial charge in [0, 0.05) is 23.6 Å². The summed E-state index contributed by atoms with van der Waals surface area (Å²) in [7, 11) is 0. The van der Waals surface area contributed by atoms with Crippen molar-refractivity contribution in [2.24, 2.45) is 5.41 Å². The molecule has 0 N–H and O–H groups in total. The molecule has 1 aliphatic heterocycles. The third-order valence-electron chi connectivity index (χ3n) is 7.30. The number of hydrogen-bond acceptors (Lipinski definition) is 3. The molecule has 30 heavy (non-hydrogen) atoms. The Labute approximate surface area is 177 Å². The van der Waals surface area contributed by atoms with Crippen molar-refractivity contribution in [1.82, 2.24) is 4.90 Å². The average Bonchev–Trinajstić information content (AvgIpc) is 2.67. The molecule has 0 aromatic heterocycles. The summed E-state index contributed by atoms with van der Waals surface area (Å²) in [5, 5.41) is 0. The molecule has 1 fully saturated rings. The van der Waals surface area contributed by atoms with Gasteiger partial charge >= 0.3 is 16.6 Å². The molecule has 3 nitrogen and oxygen atoms in total. The van der Waals surface area contributed by atoms with E-state index in [0.717, 1.165) is 30.6 Å². The predicted octanol–water partition coefficient (Wildman–Crippen LogP) is 5.36. The van der Waals surface area contributed by atoms with Crippen LogP contribution >= 0.6 is 0 Å². The average molecular weight is 438 g/mol.